The highest BCUT2D eigenvalue weighted by Crippen LogP contribution is 2.23. The number of hydrogen-bond donors (Lipinski definition) is 1. The molecule has 0 amide bonds. The van der Waals surface area contributed by atoms with E-state index < -0.39 is 0 Å². The third kappa shape index (κ3) is 5.72. The zero-order chi connectivity index (χ0) is 24.0. The lowest BCUT2D eigenvalue weighted by Crippen LogP contribution is -2.34. The molecule has 5 nitrogen and oxygen atoms in total. The number of pyridine rings is 1. The molecule has 0 unspecified atom stereocenters. The summed E-state index contributed by atoms with van der Waals surface area (Å²) in [4.78, 5) is 25.6. The highest BCUT2D eigenvalue weighted by molar-refractivity contribution is 6.09. The number of ether oxygens (including phenoxy) is 1. The van der Waals surface area contributed by atoms with Gasteiger partial charge in [0.2, 0.25) is 5.78 Å². The summed E-state index contributed by atoms with van der Waals surface area (Å²) in [6.45, 7) is 11.8. The van der Waals surface area contributed by atoms with Gasteiger partial charge in [-0.2, -0.15) is 0 Å². The van der Waals surface area contributed by atoms with Crippen LogP contribution in [0, 0.1) is 5.92 Å². The third-order valence-electron chi connectivity index (χ3n) is 6.19. The van der Waals surface area contributed by atoms with Crippen LogP contribution in [0.5, 0.6) is 0 Å². The second-order valence-electron chi connectivity index (χ2n) is 8.78. The molecule has 0 bridgehead atoms. The predicted molar refractivity (Wildman–Crippen MR) is 133 cm³/mol. The summed E-state index contributed by atoms with van der Waals surface area (Å²) in [7, 11) is 0. The molecule has 0 saturated carbocycles. The maximum Gasteiger partial charge on any atom is 0.338 e. The van der Waals surface area contributed by atoms with Crippen molar-refractivity contribution in [1.29, 1.82) is 0 Å². The fraction of sp³-hybridized carbons (Fsp3) is 0.429. The van der Waals surface area contributed by atoms with E-state index >= 15 is 0 Å². The quantitative estimate of drug-likeness (QED) is 0.312. The minimum atomic E-state index is -0.350. The van der Waals surface area contributed by atoms with Gasteiger partial charge in [-0.25, -0.2) is 4.79 Å². The highest BCUT2D eigenvalue weighted by atomic mass is 16.5. The molecule has 0 spiro atoms. The van der Waals surface area contributed by atoms with Crippen LogP contribution in [0.15, 0.2) is 48.7 Å². The van der Waals surface area contributed by atoms with Gasteiger partial charge in [-0.05, 0) is 68.0 Å². The van der Waals surface area contributed by atoms with Gasteiger partial charge >= 0.3 is 5.97 Å². The molecule has 0 aliphatic rings. The molecular weight excluding hydrogens is 412 g/mol. The molecule has 33 heavy (non-hydrogen) atoms. The third-order valence-corrected chi connectivity index (χ3v) is 6.19. The van der Waals surface area contributed by atoms with Gasteiger partial charge < -0.3 is 14.5 Å². The molecule has 5 heteroatoms. The van der Waals surface area contributed by atoms with Crippen molar-refractivity contribution < 1.29 is 14.3 Å². The largest absolute Gasteiger partial charge is 0.462 e. The Morgan fingerprint density at radius 2 is 1.73 bits per heavy atom. The van der Waals surface area contributed by atoms with Gasteiger partial charge in [-0.3, -0.25) is 4.79 Å². The Bertz CT molecular complexity index is 1100. The van der Waals surface area contributed by atoms with Crippen LogP contribution in [0.4, 0.5) is 0 Å². The highest BCUT2D eigenvalue weighted by Gasteiger charge is 2.20. The zero-order valence-electron chi connectivity index (χ0n) is 20.5. The molecule has 2 aromatic heterocycles. The molecule has 1 atom stereocenters. The van der Waals surface area contributed by atoms with E-state index in [1.807, 2.05) is 29.5 Å². The lowest BCUT2D eigenvalue weighted by molar-refractivity contribution is 0.0526. The number of hydrogen-bond acceptors (Lipinski definition) is 4. The van der Waals surface area contributed by atoms with Crippen molar-refractivity contribution in [3.05, 3.63) is 76.6 Å². The monoisotopic (exact) mass is 448 g/mol. The lowest BCUT2D eigenvalue weighted by Gasteiger charge is -2.21. The number of nitrogens with one attached hydrogen (secondary N) is 1. The summed E-state index contributed by atoms with van der Waals surface area (Å²) >= 11 is 0. The number of aryl methyl sites for hydroxylation is 2. The van der Waals surface area contributed by atoms with E-state index in [1.54, 1.807) is 25.3 Å². The molecule has 0 radical (unpaired) electrons. The summed E-state index contributed by atoms with van der Waals surface area (Å²) < 4.78 is 6.99. The van der Waals surface area contributed by atoms with Gasteiger partial charge in [0.25, 0.3) is 0 Å². The first-order valence-electron chi connectivity index (χ1n) is 12.1. The normalized spacial score (nSPS) is 12.3. The SMILES string of the molecule is CCN[C@@H](CCc1ccc(C(=O)c2c(CC)cc3cc(C(=O)OCC)ccn23)cc1)C(C)C. The maximum absolute atomic E-state index is 13.5. The van der Waals surface area contributed by atoms with Gasteiger partial charge in [0.15, 0.2) is 0 Å². The summed E-state index contributed by atoms with van der Waals surface area (Å²) in [6.07, 6.45) is 4.58. The summed E-state index contributed by atoms with van der Waals surface area (Å²) in [5, 5.41) is 3.56. The number of benzene rings is 1. The topological polar surface area (TPSA) is 59.8 Å². The summed E-state index contributed by atoms with van der Waals surface area (Å²) in [5.41, 5.74) is 4.85. The van der Waals surface area contributed by atoms with Gasteiger partial charge in [-0.1, -0.05) is 52.0 Å². The van der Waals surface area contributed by atoms with Crippen molar-refractivity contribution in [2.24, 2.45) is 5.92 Å². The predicted octanol–water partition coefficient (Wildman–Crippen LogP) is 5.48. The zero-order valence-corrected chi connectivity index (χ0v) is 20.5. The smallest absolute Gasteiger partial charge is 0.338 e. The van der Waals surface area contributed by atoms with Gasteiger partial charge in [0.05, 0.1) is 17.9 Å². The Morgan fingerprint density at radius 3 is 2.33 bits per heavy atom. The molecule has 0 fully saturated rings. The number of carbonyl (C=O) groups is 2. The Labute approximate surface area is 197 Å². The minimum absolute atomic E-state index is 0.00464. The van der Waals surface area contributed by atoms with Crippen molar-refractivity contribution in [2.75, 3.05) is 13.2 Å². The fourth-order valence-corrected chi connectivity index (χ4v) is 4.32. The number of aromatic nitrogens is 1. The molecule has 176 valence electrons. The summed E-state index contributed by atoms with van der Waals surface area (Å²) in [6, 6.07) is 14.0. The molecule has 3 rings (SSSR count). The second kappa shape index (κ2) is 11.3. The van der Waals surface area contributed by atoms with Crippen molar-refractivity contribution in [1.82, 2.24) is 9.72 Å². The van der Waals surface area contributed by atoms with Crippen LogP contribution in [0.25, 0.3) is 5.52 Å². The van der Waals surface area contributed by atoms with E-state index in [2.05, 4.69) is 38.2 Å². The van der Waals surface area contributed by atoms with E-state index in [-0.39, 0.29) is 11.8 Å². The van der Waals surface area contributed by atoms with Crippen LogP contribution in [0.2, 0.25) is 0 Å². The molecule has 0 aliphatic carbocycles. The van der Waals surface area contributed by atoms with E-state index in [1.165, 1.54) is 5.56 Å². The first kappa shape index (κ1) is 24.7. The van der Waals surface area contributed by atoms with Crippen molar-refractivity contribution in [3.8, 4) is 0 Å². The first-order valence-corrected chi connectivity index (χ1v) is 12.1. The lowest BCUT2D eigenvalue weighted by atomic mass is 9.95. The second-order valence-corrected chi connectivity index (χ2v) is 8.78. The van der Waals surface area contributed by atoms with Crippen LogP contribution < -0.4 is 5.32 Å². The average Bonchev–Trinajstić information content (AvgIpc) is 3.19. The average molecular weight is 449 g/mol. The first-order chi connectivity index (χ1) is 15.9. The molecule has 1 N–H and O–H groups in total. The van der Waals surface area contributed by atoms with E-state index in [9.17, 15) is 9.59 Å². The minimum Gasteiger partial charge on any atom is -0.462 e. The number of esters is 1. The summed E-state index contributed by atoms with van der Waals surface area (Å²) in [5.74, 6) is 0.233. The van der Waals surface area contributed by atoms with Gasteiger partial charge in [0.1, 0.15) is 0 Å². The molecule has 2 heterocycles. The van der Waals surface area contributed by atoms with Crippen molar-refractivity contribution in [3.63, 3.8) is 0 Å². The Hall–Kier alpha value is -2.92. The van der Waals surface area contributed by atoms with Crippen molar-refractivity contribution in [2.45, 2.75) is 59.9 Å². The molecule has 0 saturated heterocycles. The van der Waals surface area contributed by atoms with Gasteiger partial charge in [0, 0.05) is 23.3 Å². The van der Waals surface area contributed by atoms with Crippen LogP contribution in [-0.4, -0.2) is 35.3 Å². The fourth-order valence-electron chi connectivity index (χ4n) is 4.32. The molecule has 1 aromatic carbocycles. The van der Waals surface area contributed by atoms with E-state index in [4.69, 9.17) is 4.74 Å². The standard InChI is InChI=1S/C28H36N2O3/c1-6-21-17-24-18-23(28(32)33-8-3)15-16-30(24)26(21)27(31)22-12-9-20(10-13-22)11-14-25(19(4)5)29-7-2/h9-10,12-13,15-19,25,29H,6-8,11,14H2,1-5H3/t25-/m0/s1. The Balaban J connectivity index is 1.82. The molecule has 0 aliphatic heterocycles. The number of fused-ring (bicyclic) bond motifs is 1. The maximum atomic E-state index is 13.5. The van der Waals surface area contributed by atoms with Crippen LogP contribution in [0.3, 0.4) is 0 Å². The van der Waals surface area contributed by atoms with Crippen LogP contribution in [-0.2, 0) is 17.6 Å². The molecule has 3 aromatic rings. The molecular formula is C28H36N2O3. The number of ketones is 1. The van der Waals surface area contributed by atoms with Crippen molar-refractivity contribution >= 4 is 17.3 Å². The Kier molecular flexibility index (Phi) is 8.45. The number of rotatable bonds is 11. The van der Waals surface area contributed by atoms with Crippen LogP contribution >= 0.6 is 0 Å². The number of nitrogens with zero attached hydrogens (tertiary/aromatic N) is 1. The Morgan fingerprint density at radius 1 is 1.00 bits per heavy atom. The van der Waals surface area contributed by atoms with Crippen LogP contribution in [0.1, 0.15) is 78.6 Å². The van der Waals surface area contributed by atoms with E-state index in [0.717, 1.165) is 36.9 Å². The van der Waals surface area contributed by atoms with E-state index in [0.29, 0.717) is 35.4 Å². The number of carbonyl (C=O) groups excluding carboxylic acids is 2. The van der Waals surface area contributed by atoms with Gasteiger partial charge in [-0.15, -0.1) is 0 Å².